The number of thiophene rings is 1. The van der Waals surface area contributed by atoms with Crippen LogP contribution >= 0.6 is 11.3 Å². The van der Waals surface area contributed by atoms with Crippen molar-refractivity contribution in [3.63, 3.8) is 0 Å². The number of carbonyl (C=O) groups is 2. The fourth-order valence-corrected chi connectivity index (χ4v) is 3.98. The van der Waals surface area contributed by atoms with Crippen molar-refractivity contribution >= 4 is 23.0 Å². The summed E-state index contributed by atoms with van der Waals surface area (Å²) in [6.45, 7) is 6.62. The predicted molar refractivity (Wildman–Crippen MR) is 85.6 cm³/mol. The Kier molecular flexibility index (Phi) is 4.90. The molecule has 0 saturated carbocycles. The first-order valence-corrected chi connectivity index (χ1v) is 8.73. The van der Waals surface area contributed by atoms with Gasteiger partial charge in [-0.1, -0.05) is 0 Å². The van der Waals surface area contributed by atoms with Crippen molar-refractivity contribution < 1.29 is 14.3 Å². The van der Waals surface area contributed by atoms with Gasteiger partial charge < -0.3 is 9.64 Å². The molecule has 1 aromatic heterocycles. The molecule has 1 aromatic rings. The van der Waals surface area contributed by atoms with Gasteiger partial charge in [0.25, 0.3) is 5.91 Å². The van der Waals surface area contributed by atoms with Crippen LogP contribution in [-0.2, 0) is 4.74 Å². The molecular weight excluding hydrogens is 300 g/mol. The summed E-state index contributed by atoms with van der Waals surface area (Å²) in [7, 11) is 0. The number of amides is 1. The highest BCUT2D eigenvalue weighted by Gasteiger charge is 2.29. The fraction of sp³-hybridized carbons (Fsp3) is 0.625. The van der Waals surface area contributed by atoms with Gasteiger partial charge in [0.2, 0.25) is 0 Å². The molecule has 2 aliphatic rings. The summed E-state index contributed by atoms with van der Waals surface area (Å²) < 4.78 is 5.41. The highest BCUT2D eigenvalue weighted by Crippen LogP contribution is 2.22. The summed E-state index contributed by atoms with van der Waals surface area (Å²) in [6, 6.07) is 2.17. The van der Waals surface area contributed by atoms with E-state index in [1.54, 1.807) is 11.4 Å². The van der Waals surface area contributed by atoms with Crippen molar-refractivity contribution in [1.82, 2.24) is 9.80 Å². The van der Waals surface area contributed by atoms with Crippen LogP contribution < -0.4 is 0 Å². The van der Waals surface area contributed by atoms with Gasteiger partial charge in [-0.25, -0.2) is 0 Å². The number of likely N-dealkylation sites (tertiary alicyclic amines) is 1. The number of hydrogen-bond donors (Lipinski definition) is 0. The molecule has 0 radical (unpaired) electrons. The Morgan fingerprint density at radius 1 is 1.27 bits per heavy atom. The number of nitrogens with zero attached hydrogens (tertiary/aromatic N) is 2. The number of ether oxygens (including phenoxy) is 1. The normalized spacial score (nSPS) is 23.5. The molecule has 0 aromatic carbocycles. The van der Waals surface area contributed by atoms with Gasteiger partial charge in [0.1, 0.15) is 0 Å². The number of Topliss-reactive ketones (excluding diaryl/α,β-unsaturated/α-hetero) is 1. The summed E-state index contributed by atoms with van der Waals surface area (Å²) in [5, 5.41) is 1.80. The zero-order valence-electron chi connectivity index (χ0n) is 12.9. The monoisotopic (exact) mass is 322 g/mol. The molecular formula is C16H22N2O3S. The Balaban J connectivity index is 1.65. The summed E-state index contributed by atoms with van der Waals surface area (Å²) in [5.41, 5.74) is 0.651. The van der Waals surface area contributed by atoms with E-state index in [1.807, 2.05) is 4.90 Å². The zero-order chi connectivity index (χ0) is 15.5. The van der Waals surface area contributed by atoms with Gasteiger partial charge in [0.05, 0.1) is 23.7 Å². The molecule has 2 saturated heterocycles. The van der Waals surface area contributed by atoms with Crippen molar-refractivity contribution in [2.75, 3.05) is 39.4 Å². The molecule has 22 heavy (non-hydrogen) atoms. The standard InChI is InChI=1S/C16H22N2O3S/c1-12(19)15-9-13(11-22-15)16(20)18-4-2-3-14(10-18)17-5-7-21-8-6-17/h9,11,14H,2-8,10H2,1H3. The molecule has 1 atom stereocenters. The van der Waals surface area contributed by atoms with Crippen molar-refractivity contribution in [3.05, 3.63) is 21.9 Å². The van der Waals surface area contributed by atoms with E-state index < -0.39 is 0 Å². The van der Waals surface area contributed by atoms with Crippen LogP contribution in [0.4, 0.5) is 0 Å². The number of piperidine rings is 1. The lowest BCUT2D eigenvalue weighted by atomic mass is 10.0. The third-order valence-electron chi connectivity index (χ3n) is 4.44. The van der Waals surface area contributed by atoms with E-state index >= 15 is 0 Å². The number of rotatable bonds is 3. The molecule has 2 aliphatic heterocycles. The van der Waals surface area contributed by atoms with E-state index in [0.29, 0.717) is 16.5 Å². The first-order chi connectivity index (χ1) is 10.6. The molecule has 120 valence electrons. The van der Waals surface area contributed by atoms with Gasteiger partial charge in [-0.05, 0) is 25.8 Å². The number of morpholine rings is 1. The molecule has 1 unspecified atom stereocenters. The highest BCUT2D eigenvalue weighted by atomic mass is 32.1. The van der Waals surface area contributed by atoms with E-state index in [4.69, 9.17) is 4.74 Å². The molecule has 1 amide bonds. The smallest absolute Gasteiger partial charge is 0.254 e. The lowest BCUT2D eigenvalue weighted by molar-refractivity contribution is -0.00120. The first-order valence-electron chi connectivity index (χ1n) is 7.85. The van der Waals surface area contributed by atoms with Crippen molar-refractivity contribution in [1.29, 1.82) is 0 Å². The number of carbonyl (C=O) groups excluding carboxylic acids is 2. The third kappa shape index (κ3) is 3.39. The molecule has 5 nitrogen and oxygen atoms in total. The zero-order valence-corrected chi connectivity index (χ0v) is 13.7. The molecule has 0 N–H and O–H groups in total. The molecule has 3 heterocycles. The lowest BCUT2D eigenvalue weighted by Gasteiger charge is -2.40. The van der Waals surface area contributed by atoms with Gasteiger partial charge in [0.15, 0.2) is 5.78 Å². The van der Waals surface area contributed by atoms with Crippen LogP contribution in [0.2, 0.25) is 0 Å². The summed E-state index contributed by atoms with van der Waals surface area (Å²) in [5.74, 6) is 0.0793. The van der Waals surface area contributed by atoms with E-state index in [1.165, 1.54) is 18.3 Å². The molecule has 2 fully saturated rings. The minimum absolute atomic E-state index is 0.0221. The van der Waals surface area contributed by atoms with Crippen LogP contribution in [0.25, 0.3) is 0 Å². The SMILES string of the molecule is CC(=O)c1cc(C(=O)N2CCCC(N3CCOCC3)C2)cs1. The Labute approximate surface area is 134 Å². The number of ketones is 1. The molecule has 0 aliphatic carbocycles. The molecule has 0 bridgehead atoms. The van der Waals surface area contributed by atoms with E-state index in [0.717, 1.165) is 52.2 Å². The second-order valence-corrected chi connectivity index (χ2v) is 6.86. The minimum atomic E-state index is 0.0221. The average Bonchev–Trinajstić information content (AvgIpc) is 3.05. The van der Waals surface area contributed by atoms with Crippen LogP contribution in [-0.4, -0.2) is 66.9 Å². The Morgan fingerprint density at radius 3 is 2.73 bits per heavy atom. The van der Waals surface area contributed by atoms with Gasteiger partial charge in [-0.2, -0.15) is 0 Å². The van der Waals surface area contributed by atoms with E-state index in [9.17, 15) is 9.59 Å². The Morgan fingerprint density at radius 2 is 2.05 bits per heavy atom. The van der Waals surface area contributed by atoms with Gasteiger partial charge in [-0.15, -0.1) is 11.3 Å². The molecule has 3 rings (SSSR count). The lowest BCUT2D eigenvalue weighted by Crippen LogP contribution is -2.52. The molecule has 0 spiro atoms. The summed E-state index contributed by atoms with van der Waals surface area (Å²) in [6.07, 6.45) is 2.18. The summed E-state index contributed by atoms with van der Waals surface area (Å²) in [4.78, 5) is 29.1. The van der Waals surface area contributed by atoms with Crippen molar-refractivity contribution in [2.45, 2.75) is 25.8 Å². The second kappa shape index (κ2) is 6.89. The molecule has 6 heteroatoms. The maximum absolute atomic E-state index is 12.6. The quantitative estimate of drug-likeness (QED) is 0.798. The largest absolute Gasteiger partial charge is 0.379 e. The van der Waals surface area contributed by atoms with Gasteiger partial charge in [-0.3, -0.25) is 14.5 Å². The maximum Gasteiger partial charge on any atom is 0.254 e. The van der Waals surface area contributed by atoms with Crippen LogP contribution in [0.1, 0.15) is 39.8 Å². The topological polar surface area (TPSA) is 49.9 Å². The van der Waals surface area contributed by atoms with E-state index in [2.05, 4.69) is 4.90 Å². The van der Waals surface area contributed by atoms with Crippen LogP contribution in [0, 0.1) is 0 Å². The van der Waals surface area contributed by atoms with Crippen molar-refractivity contribution in [3.8, 4) is 0 Å². The van der Waals surface area contributed by atoms with Crippen LogP contribution in [0.15, 0.2) is 11.4 Å². The fourth-order valence-electron chi connectivity index (χ4n) is 3.20. The Bertz CT molecular complexity index is 551. The average molecular weight is 322 g/mol. The van der Waals surface area contributed by atoms with Crippen LogP contribution in [0.5, 0.6) is 0 Å². The van der Waals surface area contributed by atoms with Gasteiger partial charge in [0, 0.05) is 37.6 Å². The van der Waals surface area contributed by atoms with Crippen LogP contribution in [0.3, 0.4) is 0 Å². The first kappa shape index (κ1) is 15.6. The maximum atomic E-state index is 12.6. The van der Waals surface area contributed by atoms with Gasteiger partial charge >= 0.3 is 0 Å². The Hall–Kier alpha value is -1.24. The second-order valence-electron chi connectivity index (χ2n) is 5.95. The highest BCUT2D eigenvalue weighted by molar-refractivity contribution is 7.12. The minimum Gasteiger partial charge on any atom is -0.379 e. The van der Waals surface area contributed by atoms with Crippen molar-refractivity contribution in [2.24, 2.45) is 0 Å². The predicted octanol–water partition coefficient (Wildman–Crippen LogP) is 1.89. The third-order valence-corrected chi connectivity index (χ3v) is 5.47. The number of hydrogen-bond acceptors (Lipinski definition) is 5. The van der Waals surface area contributed by atoms with E-state index in [-0.39, 0.29) is 11.7 Å². The summed E-state index contributed by atoms with van der Waals surface area (Å²) >= 11 is 1.35.